The summed E-state index contributed by atoms with van der Waals surface area (Å²) < 4.78 is 0. The van der Waals surface area contributed by atoms with Gasteiger partial charge in [0.15, 0.2) is 5.78 Å². The SMILES string of the molecule is Cl.O=C(C1NCCS1)[C@@H]1CCCN1. The minimum atomic E-state index is 0. The predicted octanol–water partition coefficient (Wildman–Crippen LogP) is 0.392. The van der Waals surface area contributed by atoms with Gasteiger partial charge in [-0.1, -0.05) is 0 Å². The van der Waals surface area contributed by atoms with Crippen molar-refractivity contribution in [2.75, 3.05) is 18.8 Å². The van der Waals surface area contributed by atoms with Crippen LogP contribution in [0.5, 0.6) is 0 Å². The highest BCUT2D eigenvalue weighted by Gasteiger charge is 2.30. The monoisotopic (exact) mass is 222 g/mol. The van der Waals surface area contributed by atoms with E-state index in [-0.39, 0.29) is 23.8 Å². The van der Waals surface area contributed by atoms with Gasteiger partial charge < -0.3 is 5.32 Å². The van der Waals surface area contributed by atoms with Crippen molar-refractivity contribution < 1.29 is 4.79 Å². The maximum absolute atomic E-state index is 11.7. The predicted molar refractivity (Wildman–Crippen MR) is 57.5 cm³/mol. The molecule has 0 aliphatic carbocycles. The zero-order valence-corrected chi connectivity index (χ0v) is 9.05. The molecule has 0 aromatic carbocycles. The Labute approximate surface area is 88.8 Å². The van der Waals surface area contributed by atoms with Crippen molar-refractivity contribution in [1.82, 2.24) is 10.6 Å². The van der Waals surface area contributed by atoms with Crippen LogP contribution in [-0.2, 0) is 4.79 Å². The van der Waals surface area contributed by atoms with Crippen molar-refractivity contribution >= 4 is 30.0 Å². The Hall–Kier alpha value is 0.230. The van der Waals surface area contributed by atoms with E-state index < -0.39 is 0 Å². The van der Waals surface area contributed by atoms with Crippen LogP contribution in [0.2, 0.25) is 0 Å². The Morgan fingerprint density at radius 3 is 2.69 bits per heavy atom. The van der Waals surface area contributed by atoms with Gasteiger partial charge in [0.25, 0.3) is 0 Å². The molecule has 2 fully saturated rings. The first-order valence-corrected chi connectivity index (χ1v) is 5.55. The largest absolute Gasteiger partial charge is 0.307 e. The fraction of sp³-hybridized carbons (Fsp3) is 0.875. The maximum atomic E-state index is 11.7. The minimum Gasteiger partial charge on any atom is -0.307 e. The molecule has 5 heteroatoms. The first-order valence-electron chi connectivity index (χ1n) is 4.50. The van der Waals surface area contributed by atoms with Gasteiger partial charge in [0, 0.05) is 12.3 Å². The highest BCUT2D eigenvalue weighted by Crippen LogP contribution is 2.18. The number of halogens is 1. The highest BCUT2D eigenvalue weighted by atomic mass is 35.5. The van der Waals surface area contributed by atoms with Gasteiger partial charge in [-0.25, -0.2) is 0 Å². The van der Waals surface area contributed by atoms with Crippen LogP contribution in [0.15, 0.2) is 0 Å². The summed E-state index contributed by atoms with van der Waals surface area (Å²) >= 11 is 1.74. The van der Waals surface area contributed by atoms with Crippen LogP contribution < -0.4 is 10.6 Å². The second kappa shape index (κ2) is 5.20. The number of carbonyl (C=O) groups is 1. The molecule has 1 unspecified atom stereocenters. The van der Waals surface area contributed by atoms with Crippen molar-refractivity contribution in [2.45, 2.75) is 24.3 Å². The highest BCUT2D eigenvalue weighted by molar-refractivity contribution is 8.00. The Bertz CT molecular complexity index is 161. The summed E-state index contributed by atoms with van der Waals surface area (Å²) in [5.74, 6) is 1.43. The van der Waals surface area contributed by atoms with Gasteiger partial charge in [-0.2, -0.15) is 0 Å². The number of nitrogens with one attached hydrogen (secondary N) is 2. The normalized spacial score (nSPS) is 32.9. The lowest BCUT2D eigenvalue weighted by Crippen LogP contribution is -2.41. The zero-order chi connectivity index (χ0) is 8.39. The van der Waals surface area contributed by atoms with Gasteiger partial charge in [0.2, 0.25) is 0 Å². The van der Waals surface area contributed by atoms with Crippen LogP contribution in [0.25, 0.3) is 0 Å². The fourth-order valence-electron chi connectivity index (χ4n) is 1.72. The quantitative estimate of drug-likeness (QED) is 0.710. The molecule has 2 heterocycles. The molecule has 76 valence electrons. The number of ketones is 1. The molecule has 2 rings (SSSR count). The summed E-state index contributed by atoms with van der Waals surface area (Å²) in [6, 6.07) is 0.132. The molecule has 0 aromatic heterocycles. The van der Waals surface area contributed by atoms with E-state index in [4.69, 9.17) is 0 Å². The number of rotatable bonds is 2. The standard InChI is InChI=1S/C8H14N2OS.ClH/c11-7(6-2-1-3-9-6)8-10-4-5-12-8;/h6,8-10H,1-5H2;1H/t6-,8?;/m0./s1. The third-order valence-corrected chi connectivity index (χ3v) is 3.55. The summed E-state index contributed by atoms with van der Waals surface area (Å²) in [5, 5.41) is 6.51. The second-order valence-corrected chi connectivity index (χ2v) is 4.47. The van der Waals surface area contributed by atoms with Gasteiger partial charge in [0.1, 0.15) is 5.37 Å². The maximum Gasteiger partial charge on any atom is 0.176 e. The molecule has 0 spiro atoms. The van der Waals surface area contributed by atoms with E-state index in [1.807, 2.05) is 0 Å². The first kappa shape index (κ1) is 11.3. The lowest BCUT2D eigenvalue weighted by Gasteiger charge is -2.13. The van der Waals surface area contributed by atoms with Crippen LogP contribution in [-0.4, -0.2) is 36.0 Å². The van der Waals surface area contributed by atoms with Crippen LogP contribution >= 0.6 is 24.2 Å². The zero-order valence-electron chi connectivity index (χ0n) is 7.41. The minimum absolute atomic E-state index is 0. The molecular formula is C8H15ClN2OS. The van der Waals surface area contributed by atoms with Crippen molar-refractivity contribution in [3.63, 3.8) is 0 Å². The van der Waals surface area contributed by atoms with Gasteiger partial charge in [0.05, 0.1) is 6.04 Å². The Balaban J connectivity index is 0.000000845. The topological polar surface area (TPSA) is 41.1 Å². The van der Waals surface area contributed by atoms with E-state index in [0.717, 1.165) is 31.7 Å². The number of Topliss-reactive ketones (excluding diaryl/α,β-unsaturated/α-hetero) is 1. The number of hydrogen-bond acceptors (Lipinski definition) is 4. The van der Waals surface area contributed by atoms with E-state index in [1.54, 1.807) is 11.8 Å². The molecule has 0 saturated carbocycles. The molecule has 0 aromatic rings. The number of hydrogen-bond donors (Lipinski definition) is 2. The van der Waals surface area contributed by atoms with Gasteiger partial charge in [-0.3, -0.25) is 10.1 Å². The molecule has 2 aliphatic rings. The third-order valence-electron chi connectivity index (χ3n) is 2.38. The Morgan fingerprint density at radius 2 is 2.15 bits per heavy atom. The first-order chi connectivity index (χ1) is 5.88. The smallest absolute Gasteiger partial charge is 0.176 e. The average Bonchev–Trinajstić information content (AvgIpc) is 2.77. The Kier molecular flexibility index (Phi) is 4.52. The van der Waals surface area contributed by atoms with Gasteiger partial charge >= 0.3 is 0 Å². The van der Waals surface area contributed by atoms with E-state index >= 15 is 0 Å². The average molecular weight is 223 g/mol. The number of thioether (sulfide) groups is 1. The van der Waals surface area contributed by atoms with Gasteiger partial charge in [-0.15, -0.1) is 24.2 Å². The molecule has 3 nitrogen and oxygen atoms in total. The molecule has 13 heavy (non-hydrogen) atoms. The molecule has 2 saturated heterocycles. The van der Waals surface area contributed by atoms with Crippen LogP contribution in [0.4, 0.5) is 0 Å². The molecular weight excluding hydrogens is 208 g/mol. The van der Waals surface area contributed by atoms with Crippen LogP contribution in [0.3, 0.4) is 0 Å². The Morgan fingerprint density at radius 1 is 1.31 bits per heavy atom. The van der Waals surface area contributed by atoms with Crippen molar-refractivity contribution in [2.24, 2.45) is 0 Å². The van der Waals surface area contributed by atoms with E-state index in [0.29, 0.717) is 5.78 Å². The summed E-state index contributed by atoms with van der Waals surface area (Å²) in [6.07, 6.45) is 2.17. The lowest BCUT2D eigenvalue weighted by molar-refractivity contribution is -0.120. The summed E-state index contributed by atoms with van der Waals surface area (Å²) in [7, 11) is 0. The van der Waals surface area contributed by atoms with E-state index in [1.165, 1.54) is 0 Å². The van der Waals surface area contributed by atoms with E-state index in [9.17, 15) is 4.79 Å². The molecule has 2 atom stereocenters. The van der Waals surface area contributed by atoms with E-state index in [2.05, 4.69) is 10.6 Å². The molecule has 2 N–H and O–H groups in total. The molecule has 2 aliphatic heterocycles. The van der Waals surface area contributed by atoms with Crippen LogP contribution in [0, 0.1) is 0 Å². The molecule has 0 bridgehead atoms. The summed E-state index contributed by atoms with van der Waals surface area (Å²) in [6.45, 7) is 1.99. The van der Waals surface area contributed by atoms with Crippen LogP contribution in [0.1, 0.15) is 12.8 Å². The van der Waals surface area contributed by atoms with Crippen molar-refractivity contribution in [1.29, 1.82) is 0 Å². The second-order valence-electron chi connectivity index (χ2n) is 3.26. The number of carbonyl (C=O) groups excluding carboxylic acids is 1. The lowest BCUT2D eigenvalue weighted by atomic mass is 10.1. The van der Waals surface area contributed by atoms with Crippen molar-refractivity contribution in [3.8, 4) is 0 Å². The van der Waals surface area contributed by atoms with Gasteiger partial charge in [-0.05, 0) is 19.4 Å². The summed E-state index contributed by atoms with van der Waals surface area (Å²) in [5.41, 5.74) is 0. The fourth-order valence-corrected chi connectivity index (χ4v) is 2.75. The van der Waals surface area contributed by atoms with Crippen molar-refractivity contribution in [3.05, 3.63) is 0 Å². The molecule has 0 radical (unpaired) electrons. The summed E-state index contributed by atoms with van der Waals surface area (Å²) in [4.78, 5) is 11.7. The third kappa shape index (κ3) is 2.59. The molecule has 0 amide bonds.